The van der Waals surface area contributed by atoms with Crippen molar-refractivity contribution < 1.29 is 13.9 Å². The summed E-state index contributed by atoms with van der Waals surface area (Å²) in [5, 5.41) is 6.35. The fourth-order valence-electron chi connectivity index (χ4n) is 2.19. The van der Waals surface area contributed by atoms with Gasteiger partial charge in [-0.3, -0.25) is 0 Å². The minimum atomic E-state index is -0.474. The molecule has 0 saturated heterocycles. The molecule has 0 fully saturated rings. The van der Waals surface area contributed by atoms with E-state index >= 15 is 0 Å². The quantitative estimate of drug-likeness (QED) is 0.761. The van der Waals surface area contributed by atoms with Gasteiger partial charge < -0.3 is 19.8 Å². The summed E-state index contributed by atoms with van der Waals surface area (Å²) in [5.41, 5.74) is -0.474. The molecule has 0 bridgehead atoms. The van der Waals surface area contributed by atoms with Gasteiger partial charge in [-0.25, -0.2) is 4.79 Å². The van der Waals surface area contributed by atoms with Crippen LogP contribution in [0.3, 0.4) is 0 Å². The van der Waals surface area contributed by atoms with Crippen molar-refractivity contribution in [2.75, 3.05) is 6.54 Å². The van der Waals surface area contributed by atoms with E-state index in [-0.39, 0.29) is 18.2 Å². The number of nitrogens with one attached hydrogen (secondary N) is 2. The molecule has 2 N–H and O–H groups in total. The molecule has 5 nitrogen and oxygen atoms in total. The Balaban J connectivity index is 2.48. The van der Waals surface area contributed by atoms with Crippen LogP contribution in [0.2, 0.25) is 0 Å². The number of carbonyl (C=O) groups is 1. The van der Waals surface area contributed by atoms with Gasteiger partial charge >= 0.3 is 6.09 Å². The number of alkyl carbamates (subject to hydrolysis) is 1. The first-order chi connectivity index (χ1) is 10.3. The number of carbonyl (C=O) groups excluding carboxylic acids is 1. The Bertz CT molecular complexity index is 424. The van der Waals surface area contributed by atoms with Gasteiger partial charge in [-0.2, -0.15) is 0 Å². The molecule has 1 amide bonds. The van der Waals surface area contributed by atoms with E-state index in [0.29, 0.717) is 6.54 Å². The van der Waals surface area contributed by atoms with E-state index in [9.17, 15) is 4.79 Å². The highest BCUT2D eigenvalue weighted by molar-refractivity contribution is 5.67. The first kappa shape index (κ1) is 18.6. The van der Waals surface area contributed by atoms with Crippen molar-refractivity contribution in [3.8, 4) is 0 Å². The van der Waals surface area contributed by atoms with E-state index in [1.54, 1.807) is 6.26 Å². The summed E-state index contributed by atoms with van der Waals surface area (Å²) in [7, 11) is 0. The second-order valence-electron chi connectivity index (χ2n) is 6.63. The lowest BCUT2D eigenvalue weighted by Crippen LogP contribution is -2.43. The molecule has 2 atom stereocenters. The lowest BCUT2D eigenvalue weighted by Gasteiger charge is -2.24. The van der Waals surface area contributed by atoms with Crippen molar-refractivity contribution in [3.63, 3.8) is 0 Å². The third kappa shape index (κ3) is 7.50. The SMILES string of the molecule is CCCCC(CNC(=O)OC(C)(C)C)NC(C)c1ccco1. The van der Waals surface area contributed by atoms with Crippen LogP contribution in [0.25, 0.3) is 0 Å². The lowest BCUT2D eigenvalue weighted by molar-refractivity contribution is 0.0520. The number of furan rings is 1. The van der Waals surface area contributed by atoms with Gasteiger partial charge in [0.1, 0.15) is 11.4 Å². The average molecular weight is 310 g/mol. The Morgan fingerprint density at radius 2 is 2.14 bits per heavy atom. The molecule has 1 aromatic heterocycles. The normalized spacial score (nSPS) is 14.4. The maximum Gasteiger partial charge on any atom is 0.407 e. The van der Waals surface area contributed by atoms with Crippen molar-refractivity contribution >= 4 is 6.09 Å². The molecule has 0 radical (unpaired) electrons. The summed E-state index contributed by atoms with van der Waals surface area (Å²) in [6, 6.07) is 4.13. The monoisotopic (exact) mass is 310 g/mol. The molecular weight excluding hydrogens is 280 g/mol. The van der Waals surface area contributed by atoms with E-state index in [0.717, 1.165) is 25.0 Å². The predicted octanol–water partition coefficient (Wildman–Crippen LogP) is 4.01. The van der Waals surface area contributed by atoms with Crippen molar-refractivity contribution in [2.45, 2.75) is 71.6 Å². The van der Waals surface area contributed by atoms with Crippen LogP contribution in [-0.2, 0) is 4.74 Å². The number of hydrogen-bond donors (Lipinski definition) is 2. The summed E-state index contributed by atoms with van der Waals surface area (Å²) in [5.74, 6) is 0.902. The molecule has 0 spiro atoms. The highest BCUT2D eigenvalue weighted by Gasteiger charge is 2.19. The fourth-order valence-corrected chi connectivity index (χ4v) is 2.19. The van der Waals surface area contributed by atoms with Gasteiger partial charge in [-0.05, 0) is 46.2 Å². The van der Waals surface area contributed by atoms with E-state index in [2.05, 4.69) is 24.5 Å². The Labute approximate surface area is 133 Å². The van der Waals surface area contributed by atoms with Crippen LogP contribution in [0.15, 0.2) is 22.8 Å². The van der Waals surface area contributed by atoms with Crippen molar-refractivity contribution in [3.05, 3.63) is 24.2 Å². The van der Waals surface area contributed by atoms with Gasteiger partial charge in [0.15, 0.2) is 0 Å². The van der Waals surface area contributed by atoms with Gasteiger partial charge in [-0.1, -0.05) is 19.8 Å². The predicted molar refractivity (Wildman–Crippen MR) is 87.8 cm³/mol. The van der Waals surface area contributed by atoms with Gasteiger partial charge in [-0.15, -0.1) is 0 Å². The van der Waals surface area contributed by atoms with Crippen LogP contribution in [0.1, 0.15) is 65.7 Å². The Morgan fingerprint density at radius 1 is 1.41 bits per heavy atom. The Hall–Kier alpha value is -1.49. The van der Waals surface area contributed by atoms with E-state index in [1.165, 1.54) is 0 Å². The van der Waals surface area contributed by atoms with Gasteiger partial charge in [0.2, 0.25) is 0 Å². The van der Waals surface area contributed by atoms with Crippen LogP contribution in [0.5, 0.6) is 0 Å². The van der Waals surface area contributed by atoms with E-state index in [4.69, 9.17) is 9.15 Å². The molecule has 1 aromatic rings. The molecule has 22 heavy (non-hydrogen) atoms. The third-order valence-electron chi connectivity index (χ3n) is 3.25. The summed E-state index contributed by atoms with van der Waals surface area (Å²) >= 11 is 0. The summed E-state index contributed by atoms with van der Waals surface area (Å²) < 4.78 is 10.7. The number of hydrogen-bond acceptors (Lipinski definition) is 4. The zero-order chi connectivity index (χ0) is 16.6. The van der Waals surface area contributed by atoms with Crippen LogP contribution >= 0.6 is 0 Å². The number of unbranched alkanes of at least 4 members (excludes halogenated alkanes) is 1. The molecule has 5 heteroatoms. The molecule has 0 aliphatic carbocycles. The first-order valence-corrected chi connectivity index (χ1v) is 8.08. The van der Waals surface area contributed by atoms with Crippen LogP contribution in [-0.4, -0.2) is 24.3 Å². The highest BCUT2D eigenvalue weighted by Crippen LogP contribution is 2.14. The molecule has 0 aliphatic rings. The second kappa shape index (κ2) is 8.83. The molecule has 126 valence electrons. The standard InChI is InChI=1S/C17H30N2O3/c1-6-7-9-14(12-18-16(20)22-17(3,4)5)19-13(2)15-10-8-11-21-15/h8,10-11,13-14,19H,6-7,9,12H2,1-5H3,(H,18,20). The van der Waals surface area contributed by atoms with Crippen LogP contribution in [0.4, 0.5) is 4.79 Å². The lowest BCUT2D eigenvalue weighted by atomic mass is 10.1. The van der Waals surface area contributed by atoms with Gasteiger partial charge in [0, 0.05) is 12.6 Å². The van der Waals surface area contributed by atoms with Crippen LogP contribution < -0.4 is 10.6 Å². The van der Waals surface area contributed by atoms with Crippen molar-refractivity contribution in [1.29, 1.82) is 0 Å². The molecule has 1 rings (SSSR count). The van der Waals surface area contributed by atoms with Crippen LogP contribution in [0, 0.1) is 0 Å². The largest absolute Gasteiger partial charge is 0.468 e. The fraction of sp³-hybridized carbons (Fsp3) is 0.706. The Morgan fingerprint density at radius 3 is 2.68 bits per heavy atom. The molecule has 1 heterocycles. The zero-order valence-corrected chi connectivity index (χ0v) is 14.4. The zero-order valence-electron chi connectivity index (χ0n) is 14.4. The van der Waals surface area contributed by atoms with Crippen molar-refractivity contribution in [2.24, 2.45) is 0 Å². The second-order valence-corrected chi connectivity index (χ2v) is 6.63. The minimum absolute atomic E-state index is 0.109. The van der Waals surface area contributed by atoms with Gasteiger partial charge in [0.05, 0.1) is 12.3 Å². The minimum Gasteiger partial charge on any atom is -0.468 e. The van der Waals surface area contributed by atoms with E-state index < -0.39 is 5.60 Å². The third-order valence-corrected chi connectivity index (χ3v) is 3.25. The molecule has 0 aromatic carbocycles. The molecular formula is C17H30N2O3. The summed E-state index contributed by atoms with van der Waals surface area (Å²) in [6.45, 7) is 10.3. The number of rotatable bonds is 8. The summed E-state index contributed by atoms with van der Waals surface area (Å²) in [6.07, 6.45) is 4.53. The topological polar surface area (TPSA) is 63.5 Å². The average Bonchev–Trinajstić information content (AvgIpc) is 2.93. The Kier molecular flexibility index (Phi) is 7.45. The number of ether oxygens (including phenoxy) is 1. The first-order valence-electron chi connectivity index (χ1n) is 8.08. The maximum atomic E-state index is 11.8. The highest BCUT2D eigenvalue weighted by atomic mass is 16.6. The smallest absolute Gasteiger partial charge is 0.407 e. The maximum absolute atomic E-state index is 11.8. The van der Waals surface area contributed by atoms with Crippen molar-refractivity contribution in [1.82, 2.24) is 10.6 Å². The molecule has 2 unspecified atom stereocenters. The van der Waals surface area contributed by atoms with E-state index in [1.807, 2.05) is 32.9 Å². The molecule has 0 aliphatic heterocycles. The number of amides is 1. The summed E-state index contributed by atoms with van der Waals surface area (Å²) in [4.78, 5) is 11.8. The van der Waals surface area contributed by atoms with Gasteiger partial charge in [0.25, 0.3) is 0 Å². The molecule has 0 saturated carbocycles.